The van der Waals surface area contributed by atoms with Gasteiger partial charge < -0.3 is 10.0 Å². The largest absolute Gasteiger partial charge is 0.417 e. The van der Waals surface area contributed by atoms with Crippen LogP contribution in [0.4, 0.5) is 23.7 Å². The molecule has 0 saturated carbocycles. The van der Waals surface area contributed by atoms with Crippen molar-refractivity contribution in [1.82, 2.24) is 4.90 Å². The van der Waals surface area contributed by atoms with E-state index in [1.165, 1.54) is 30.3 Å². The van der Waals surface area contributed by atoms with E-state index < -0.39 is 54.1 Å². The number of halogens is 3. The lowest BCUT2D eigenvalue weighted by atomic mass is 9.89. The minimum Gasteiger partial charge on any atom is -0.393 e. The fourth-order valence-corrected chi connectivity index (χ4v) is 3.06. The van der Waals surface area contributed by atoms with Crippen LogP contribution in [0.25, 0.3) is 0 Å². The first-order chi connectivity index (χ1) is 14.4. The molecule has 1 N–H and O–H groups in total. The summed E-state index contributed by atoms with van der Waals surface area (Å²) in [4.78, 5) is 26.8. The van der Waals surface area contributed by atoms with Crippen molar-refractivity contribution in [3.63, 3.8) is 0 Å². The van der Waals surface area contributed by atoms with E-state index in [9.17, 15) is 27.9 Å². The molecule has 1 saturated heterocycles. The Morgan fingerprint density at radius 1 is 1.21 bits per heavy atom. The Labute approximate surface area is 162 Å². The lowest BCUT2D eigenvalue weighted by molar-refractivity contribution is -0.137. The number of carbonyl (C=O) groups is 2. The highest BCUT2D eigenvalue weighted by Crippen LogP contribution is 2.40. The molecular weight excluding hydrogens is 376 g/mol. The molecule has 1 unspecified atom stereocenters. The molecule has 1 fully saturated rings. The number of carbonyl (C=O) groups excluding carboxylic acids is 2. The SMILES string of the molecule is [2H][13C]([2H])([2H])N1C(=O)N(c2ccc(C#N)c(C(F)(F)F)c2)C(=O)C1(CO)c1ccccc1. The average Bonchev–Trinajstić information content (AvgIpc) is 2.94. The van der Waals surface area contributed by atoms with Gasteiger partial charge in [0.1, 0.15) is 0 Å². The number of aliphatic hydroxyl groups is 1. The summed E-state index contributed by atoms with van der Waals surface area (Å²) >= 11 is 0. The maximum atomic E-state index is 13.4. The van der Waals surface area contributed by atoms with Crippen molar-refractivity contribution in [3.05, 3.63) is 65.2 Å². The van der Waals surface area contributed by atoms with E-state index in [1.54, 1.807) is 6.07 Å². The molecule has 3 amide bonds. The monoisotopic (exact) mass is 393 g/mol. The lowest BCUT2D eigenvalue weighted by Crippen LogP contribution is -2.48. The second kappa shape index (κ2) is 6.65. The standard InChI is InChI=1S/C19H14F3N3O3/c1-24-17(28)25(14-8-7-12(10-23)15(9-14)19(20,21)22)16(27)18(24,11-26)13-5-3-2-4-6-13/h2-9,26H,11H2,1H3/i1+1D3. The molecule has 0 bridgehead atoms. The number of amides is 3. The van der Waals surface area contributed by atoms with Gasteiger partial charge in [0.15, 0.2) is 5.54 Å². The summed E-state index contributed by atoms with van der Waals surface area (Å²) < 4.78 is 63.3. The van der Waals surface area contributed by atoms with E-state index in [-0.39, 0.29) is 15.4 Å². The van der Waals surface area contributed by atoms with Gasteiger partial charge in [-0.1, -0.05) is 30.3 Å². The van der Waals surface area contributed by atoms with Crippen LogP contribution >= 0.6 is 0 Å². The van der Waals surface area contributed by atoms with E-state index in [0.717, 1.165) is 12.1 Å². The highest BCUT2D eigenvalue weighted by molar-refractivity contribution is 6.23. The van der Waals surface area contributed by atoms with Gasteiger partial charge in [0.2, 0.25) is 0 Å². The van der Waals surface area contributed by atoms with Crippen molar-refractivity contribution in [2.45, 2.75) is 11.7 Å². The third-order valence-electron chi connectivity index (χ3n) is 4.49. The topological polar surface area (TPSA) is 84.6 Å². The number of nitriles is 1. The second-order valence-electron chi connectivity index (χ2n) is 5.98. The van der Waals surface area contributed by atoms with Crippen LogP contribution in [-0.2, 0) is 16.5 Å². The summed E-state index contributed by atoms with van der Waals surface area (Å²) in [6.45, 7) is -4.33. The van der Waals surface area contributed by atoms with Crippen LogP contribution in [0, 0.1) is 11.3 Å². The molecule has 28 heavy (non-hydrogen) atoms. The van der Waals surface area contributed by atoms with Crippen LogP contribution in [0.15, 0.2) is 48.5 Å². The van der Waals surface area contributed by atoms with Crippen LogP contribution < -0.4 is 4.90 Å². The number of hydrogen-bond acceptors (Lipinski definition) is 4. The third kappa shape index (κ3) is 2.70. The van der Waals surface area contributed by atoms with Gasteiger partial charge in [-0.15, -0.1) is 0 Å². The summed E-state index contributed by atoms with van der Waals surface area (Å²) in [7, 11) is 0. The summed E-state index contributed by atoms with van der Waals surface area (Å²) in [6, 6.07) is 9.19. The first-order valence-corrected chi connectivity index (χ1v) is 7.86. The van der Waals surface area contributed by atoms with Crippen molar-refractivity contribution in [2.24, 2.45) is 0 Å². The quantitative estimate of drug-likeness (QED) is 0.642. The third-order valence-corrected chi connectivity index (χ3v) is 4.49. The van der Waals surface area contributed by atoms with E-state index >= 15 is 0 Å². The Kier molecular flexibility index (Phi) is 3.72. The fourth-order valence-electron chi connectivity index (χ4n) is 3.06. The fraction of sp³-hybridized carbons (Fsp3) is 0.211. The van der Waals surface area contributed by atoms with Gasteiger partial charge in [-0.2, -0.15) is 18.4 Å². The zero-order valence-electron chi connectivity index (χ0n) is 17.1. The predicted molar refractivity (Wildman–Crippen MR) is 92.0 cm³/mol. The van der Waals surface area contributed by atoms with Crippen LogP contribution in [-0.4, -0.2) is 35.5 Å². The highest BCUT2D eigenvalue weighted by Gasteiger charge is 2.57. The number of hydrogen-bond donors (Lipinski definition) is 1. The minimum atomic E-state index is -4.97. The summed E-state index contributed by atoms with van der Waals surface area (Å²) in [5.41, 5.74) is -5.12. The number of alkyl halides is 3. The number of benzene rings is 2. The molecule has 1 aliphatic heterocycles. The first kappa shape index (κ1) is 15.7. The van der Waals surface area contributed by atoms with Gasteiger partial charge in [-0.25, -0.2) is 9.69 Å². The van der Waals surface area contributed by atoms with Crippen molar-refractivity contribution in [3.8, 4) is 6.07 Å². The molecule has 1 aliphatic rings. The van der Waals surface area contributed by atoms with Gasteiger partial charge in [-0.3, -0.25) is 4.79 Å². The van der Waals surface area contributed by atoms with Crippen molar-refractivity contribution in [1.29, 1.82) is 5.26 Å². The summed E-state index contributed by atoms with van der Waals surface area (Å²) in [5.74, 6) is -1.24. The molecule has 9 heteroatoms. The van der Waals surface area contributed by atoms with E-state index in [0.29, 0.717) is 6.07 Å². The lowest BCUT2D eigenvalue weighted by Gasteiger charge is -2.31. The van der Waals surface area contributed by atoms with E-state index in [4.69, 9.17) is 9.37 Å². The molecular formula is C19H14F3N3O3. The molecule has 1 atom stereocenters. The average molecular weight is 393 g/mol. The molecule has 144 valence electrons. The molecule has 0 aromatic heterocycles. The van der Waals surface area contributed by atoms with Crippen LogP contribution in [0.2, 0.25) is 0 Å². The van der Waals surface area contributed by atoms with Crippen LogP contribution in [0.1, 0.15) is 20.8 Å². The molecule has 3 rings (SSSR count). The molecule has 6 nitrogen and oxygen atoms in total. The van der Waals surface area contributed by atoms with Gasteiger partial charge in [0.25, 0.3) is 5.91 Å². The Balaban J connectivity index is 2.27. The Morgan fingerprint density at radius 3 is 2.43 bits per heavy atom. The second-order valence-corrected chi connectivity index (χ2v) is 5.98. The molecule has 2 aromatic carbocycles. The molecule has 2 aromatic rings. The number of aliphatic hydroxyl groups excluding tert-OH is 1. The Bertz CT molecular complexity index is 1080. The molecule has 1 heterocycles. The van der Waals surface area contributed by atoms with E-state index in [1.807, 2.05) is 0 Å². The number of imide groups is 1. The highest BCUT2D eigenvalue weighted by atomic mass is 19.4. The van der Waals surface area contributed by atoms with Crippen LogP contribution in [0.3, 0.4) is 0 Å². The van der Waals surface area contributed by atoms with Crippen molar-refractivity contribution >= 4 is 17.6 Å². The number of urea groups is 1. The van der Waals surface area contributed by atoms with Crippen molar-refractivity contribution < 1.29 is 32.0 Å². The maximum absolute atomic E-state index is 13.4. The first-order valence-electron chi connectivity index (χ1n) is 9.36. The Hall–Kier alpha value is -3.38. The summed E-state index contributed by atoms with van der Waals surface area (Å²) in [6.07, 6.45) is -4.97. The maximum Gasteiger partial charge on any atom is 0.417 e. The van der Waals surface area contributed by atoms with Gasteiger partial charge in [-0.05, 0) is 23.8 Å². The molecule has 0 aliphatic carbocycles. The number of anilines is 1. The zero-order valence-corrected chi connectivity index (χ0v) is 14.1. The summed E-state index contributed by atoms with van der Waals surface area (Å²) in [5, 5.41) is 19.1. The van der Waals surface area contributed by atoms with Gasteiger partial charge in [0, 0.05) is 11.1 Å². The smallest absolute Gasteiger partial charge is 0.393 e. The molecule has 0 radical (unpaired) electrons. The van der Waals surface area contributed by atoms with Crippen molar-refractivity contribution in [2.75, 3.05) is 18.5 Å². The Morgan fingerprint density at radius 2 is 1.89 bits per heavy atom. The molecule has 0 spiro atoms. The van der Waals surface area contributed by atoms with E-state index in [2.05, 4.69) is 0 Å². The van der Waals surface area contributed by atoms with Crippen LogP contribution in [0.5, 0.6) is 0 Å². The predicted octanol–water partition coefficient (Wildman–Crippen LogP) is 2.86. The van der Waals surface area contributed by atoms with Gasteiger partial charge in [0.05, 0.1) is 29.5 Å². The number of likely N-dealkylation sites (N-methyl/N-ethyl adjacent to an activating group) is 1. The normalized spacial score (nSPS) is 21.9. The zero-order chi connectivity index (χ0) is 23.2. The minimum absolute atomic E-state index is 0.0286. The number of nitrogens with zero attached hydrogens (tertiary/aromatic N) is 3. The van der Waals surface area contributed by atoms with Gasteiger partial charge >= 0.3 is 12.2 Å². The number of rotatable bonds is 3.